The lowest BCUT2D eigenvalue weighted by Crippen LogP contribution is -2.12. The fourth-order valence-electron chi connectivity index (χ4n) is 2.63. The van der Waals surface area contributed by atoms with Crippen LogP contribution in [-0.4, -0.2) is 18.0 Å². The van der Waals surface area contributed by atoms with Crippen molar-refractivity contribution >= 4 is 11.6 Å². The minimum Gasteiger partial charge on any atom is -0.496 e. The molecule has 4 heteroatoms. The van der Waals surface area contributed by atoms with Crippen molar-refractivity contribution in [2.24, 2.45) is 0 Å². The predicted octanol–water partition coefficient (Wildman–Crippen LogP) is 4.06. The van der Waals surface area contributed by atoms with E-state index in [-0.39, 0.29) is 5.91 Å². The van der Waals surface area contributed by atoms with Crippen molar-refractivity contribution in [2.45, 2.75) is 12.8 Å². The number of para-hydroxylation sites is 1. The molecule has 0 saturated carbocycles. The number of hydrogen-bond donors (Lipinski definition) is 1. The molecule has 27 heavy (non-hydrogen) atoms. The number of carbonyl (C=O) groups is 1. The van der Waals surface area contributed by atoms with Gasteiger partial charge < -0.3 is 10.1 Å². The van der Waals surface area contributed by atoms with Crippen LogP contribution in [0.4, 0.5) is 5.69 Å². The number of benzene rings is 2. The molecule has 1 aromatic heterocycles. The second-order valence-corrected chi connectivity index (χ2v) is 5.91. The Balaban J connectivity index is 1.61. The lowest BCUT2D eigenvalue weighted by Gasteiger charge is -2.09. The number of pyridine rings is 1. The molecule has 3 rings (SSSR count). The van der Waals surface area contributed by atoms with Crippen molar-refractivity contribution in [1.29, 1.82) is 0 Å². The summed E-state index contributed by atoms with van der Waals surface area (Å²) in [5.41, 5.74) is 3.28. The van der Waals surface area contributed by atoms with Crippen molar-refractivity contribution < 1.29 is 9.53 Å². The second kappa shape index (κ2) is 9.21. The molecule has 0 fully saturated rings. The lowest BCUT2D eigenvalue weighted by atomic mass is 10.1. The Bertz CT molecular complexity index is 972. The Morgan fingerprint density at radius 2 is 1.89 bits per heavy atom. The van der Waals surface area contributed by atoms with Crippen LogP contribution in [0.5, 0.6) is 5.75 Å². The molecule has 0 radical (unpaired) electrons. The fourth-order valence-corrected chi connectivity index (χ4v) is 2.63. The van der Waals surface area contributed by atoms with Gasteiger partial charge in [0.15, 0.2) is 0 Å². The van der Waals surface area contributed by atoms with Gasteiger partial charge in [-0.25, -0.2) is 4.98 Å². The molecule has 0 aliphatic heterocycles. The molecule has 1 amide bonds. The Hall–Kier alpha value is -3.58. The topological polar surface area (TPSA) is 51.2 Å². The zero-order chi connectivity index (χ0) is 18.9. The number of aryl methyl sites for hydroxylation is 1. The van der Waals surface area contributed by atoms with Crippen molar-refractivity contribution in [1.82, 2.24) is 4.98 Å². The van der Waals surface area contributed by atoms with Gasteiger partial charge in [-0.3, -0.25) is 4.79 Å². The van der Waals surface area contributed by atoms with Crippen LogP contribution < -0.4 is 10.1 Å². The van der Waals surface area contributed by atoms with Crippen LogP contribution in [0.3, 0.4) is 0 Å². The second-order valence-electron chi connectivity index (χ2n) is 5.91. The van der Waals surface area contributed by atoms with Gasteiger partial charge in [-0.05, 0) is 54.3 Å². The number of carbonyl (C=O) groups excluding carboxylic acids is 1. The van der Waals surface area contributed by atoms with E-state index >= 15 is 0 Å². The summed E-state index contributed by atoms with van der Waals surface area (Å²) in [6.45, 7) is 0. The van der Waals surface area contributed by atoms with Gasteiger partial charge in [-0.15, -0.1) is 0 Å². The SMILES string of the molecule is COc1ccccc1CCC(=O)Nc1cccc(C#Cc2ccccn2)c1. The number of rotatable bonds is 5. The zero-order valence-electron chi connectivity index (χ0n) is 15.1. The van der Waals surface area contributed by atoms with E-state index in [4.69, 9.17) is 4.74 Å². The summed E-state index contributed by atoms with van der Waals surface area (Å²) in [5.74, 6) is 6.84. The third kappa shape index (κ3) is 5.45. The standard InChI is InChI=1S/C23H20N2O2/c1-27-22-11-3-2-8-19(22)13-15-23(26)25-21-10-6-7-18(17-21)12-14-20-9-4-5-16-24-20/h2-11,16-17H,13,15H2,1H3,(H,25,26). The summed E-state index contributed by atoms with van der Waals surface area (Å²) in [6.07, 6.45) is 2.71. The molecule has 0 unspecified atom stereocenters. The number of nitrogens with zero attached hydrogens (tertiary/aromatic N) is 1. The van der Waals surface area contributed by atoms with E-state index in [2.05, 4.69) is 22.1 Å². The average Bonchev–Trinajstić information content (AvgIpc) is 2.72. The first kappa shape index (κ1) is 18.2. The van der Waals surface area contributed by atoms with Crippen LogP contribution in [-0.2, 0) is 11.2 Å². The van der Waals surface area contributed by atoms with Gasteiger partial charge in [0.2, 0.25) is 5.91 Å². The van der Waals surface area contributed by atoms with Crippen LogP contribution >= 0.6 is 0 Å². The maximum Gasteiger partial charge on any atom is 0.224 e. The molecule has 1 N–H and O–H groups in total. The first-order valence-corrected chi connectivity index (χ1v) is 8.69. The van der Waals surface area contributed by atoms with E-state index < -0.39 is 0 Å². The molecule has 0 atom stereocenters. The van der Waals surface area contributed by atoms with Crippen LogP contribution in [0.15, 0.2) is 72.9 Å². The minimum absolute atomic E-state index is 0.0456. The molecule has 1 heterocycles. The van der Waals surface area contributed by atoms with Gasteiger partial charge in [0.1, 0.15) is 11.4 Å². The normalized spacial score (nSPS) is 9.81. The third-order valence-electron chi connectivity index (χ3n) is 3.96. The largest absolute Gasteiger partial charge is 0.496 e. The Morgan fingerprint density at radius 3 is 2.70 bits per heavy atom. The van der Waals surface area contributed by atoms with Crippen molar-refractivity contribution in [2.75, 3.05) is 12.4 Å². The fraction of sp³-hybridized carbons (Fsp3) is 0.130. The van der Waals surface area contributed by atoms with Gasteiger partial charge >= 0.3 is 0 Å². The number of amides is 1. The Labute approximate surface area is 159 Å². The quantitative estimate of drug-likeness (QED) is 0.702. The number of anilines is 1. The first-order valence-electron chi connectivity index (χ1n) is 8.69. The highest BCUT2D eigenvalue weighted by Gasteiger charge is 2.07. The van der Waals surface area contributed by atoms with Crippen molar-refractivity contribution in [3.63, 3.8) is 0 Å². The molecule has 0 bridgehead atoms. The van der Waals surface area contributed by atoms with Crippen LogP contribution in [0.2, 0.25) is 0 Å². The van der Waals surface area contributed by atoms with Gasteiger partial charge in [0, 0.05) is 23.9 Å². The van der Waals surface area contributed by atoms with Crippen molar-refractivity contribution in [3.8, 4) is 17.6 Å². The van der Waals surface area contributed by atoms with E-state index in [1.807, 2.05) is 66.7 Å². The molecule has 0 aliphatic carbocycles. The number of methoxy groups -OCH3 is 1. The molecular weight excluding hydrogens is 336 g/mol. The summed E-state index contributed by atoms with van der Waals surface area (Å²) in [6, 6.07) is 20.8. The summed E-state index contributed by atoms with van der Waals surface area (Å²) in [7, 11) is 1.64. The van der Waals surface area contributed by atoms with E-state index in [0.717, 1.165) is 22.6 Å². The highest BCUT2D eigenvalue weighted by Crippen LogP contribution is 2.19. The summed E-state index contributed by atoms with van der Waals surface area (Å²) in [4.78, 5) is 16.5. The van der Waals surface area contributed by atoms with E-state index in [9.17, 15) is 4.79 Å². The van der Waals surface area contributed by atoms with Crippen molar-refractivity contribution in [3.05, 3.63) is 89.7 Å². The van der Waals surface area contributed by atoms with E-state index in [1.54, 1.807) is 13.3 Å². The number of hydrogen-bond acceptors (Lipinski definition) is 3. The van der Waals surface area contributed by atoms with Gasteiger partial charge in [0.05, 0.1) is 7.11 Å². The number of ether oxygens (including phenoxy) is 1. The molecule has 134 valence electrons. The first-order chi connectivity index (χ1) is 13.2. The zero-order valence-corrected chi connectivity index (χ0v) is 15.1. The third-order valence-corrected chi connectivity index (χ3v) is 3.96. The maximum absolute atomic E-state index is 12.3. The smallest absolute Gasteiger partial charge is 0.224 e. The van der Waals surface area contributed by atoms with E-state index in [0.29, 0.717) is 18.5 Å². The molecular formula is C23H20N2O2. The molecule has 3 aromatic rings. The summed E-state index contributed by atoms with van der Waals surface area (Å²) < 4.78 is 5.32. The Kier molecular flexibility index (Phi) is 6.21. The molecule has 2 aromatic carbocycles. The molecule has 4 nitrogen and oxygen atoms in total. The van der Waals surface area contributed by atoms with Crippen LogP contribution in [0.1, 0.15) is 23.2 Å². The minimum atomic E-state index is -0.0456. The monoisotopic (exact) mass is 356 g/mol. The number of nitrogens with one attached hydrogen (secondary N) is 1. The summed E-state index contributed by atoms with van der Waals surface area (Å²) in [5, 5.41) is 2.93. The maximum atomic E-state index is 12.3. The Morgan fingerprint density at radius 1 is 1.04 bits per heavy atom. The van der Waals surface area contributed by atoms with Gasteiger partial charge in [-0.2, -0.15) is 0 Å². The lowest BCUT2D eigenvalue weighted by molar-refractivity contribution is -0.116. The molecule has 0 saturated heterocycles. The van der Waals surface area contributed by atoms with Crippen LogP contribution in [0.25, 0.3) is 0 Å². The summed E-state index contributed by atoms with van der Waals surface area (Å²) >= 11 is 0. The van der Waals surface area contributed by atoms with E-state index in [1.165, 1.54) is 0 Å². The highest BCUT2D eigenvalue weighted by molar-refractivity contribution is 5.91. The van der Waals surface area contributed by atoms with Gasteiger partial charge in [0.25, 0.3) is 0 Å². The molecule has 0 spiro atoms. The van der Waals surface area contributed by atoms with Gasteiger partial charge in [-0.1, -0.05) is 36.3 Å². The number of aromatic nitrogens is 1. The van der Waals surface area contributed by atoms with Crippen LogP contribution in [0, 0.1) is 11.8 Å². The molecule has 0 aliphatic rings. The predicted molar refractivity (Wildman–Crippen MR) is 107 cm³/mol. The average molecular weight is 356 g/mol. The highest BCUT2D eigenvalue weighted by atomic mass is 16.5.